The van der Waals surface area contributed by atoms with Gasteiger partial charge in [0.1, 0.15) is 11.6 Å². The van der Waals surface area contributed by atoms with Crippen LogP contribution in [0.25, 0.3) is 16.9 Å². The smallest absolute Gasteiger partial charge is 0.133 e. The highest BCUT2D eigenvalue weighted by Gasteiger charge is 2.22. The highest BCUT2D eigenvalue weighted by Crippen LogP contribution is 2.29. The SMILES string of the molecule is Fc1cccc(-n2nc(-c3ccc(Cl)cc3)cc2N2CCN(c3ccccc3)CC2)c1. The second kappa shape index (κ2) is 8.44. The van der Waals surface area contributed by atoms with Gasteiger partial charge >= 0.3 is 0 Å². The van der Waals surface area contributed by atoms with Crippen LogP contribution in [0.3, 0.4) is 0 Å². The fourth-order valence-electron chi connectivity index (χ4n) is 3.99. The number of piperazine rings is 1. The molecule has 1 aromatic heterocycles. The van der Waals surface area contributed by atoms with Gasteiger partial charge in [-0.3, -0.25) is 0 Å². The number of aromatic nitrogens is 2. The van der Waals surface area contributed by atoms with E-state index in [1.54, 1.807) is 6.07 Å². The van der Waals surface area contributed by atoms with E-state index in [0.29, 0.717) is 10.7 Å². The Morgan fingerprint density at radius 2 is 1.39 bits per heavy atom. The molecule has 5 rings (SSSR count). The first kappa shape index (κ1) is 19.6. The van der Waals surface area contributed by atoms with Crippen molar-refractivity contribution in [1.29, 1.82) is 0 Å². The molecule has 31 heavy (non-hydrogen) atoms. The van der Waals surface area contributed by atoms with E-state index >= 15 is 0 Å². The molecule has 0 bridgehead atoms. The summed E-state index contributed by atoms with van der Waals surface area (Å²) in [6.45, 7) is 3.54. The molecule has 0 aliphatic carbocycles. The largest absolute Gasteiger partial charge is 0.368 e. The van der Waals surface area contributed by atoms with E-state index in [-0.39, 0.29) is 5.82 Å². The summed E-state index contributed by atoms with van der Waals surface area (Å²) in [6.07, 6.45) is 0. The molecule has 1 fully saturated rings. The monoisotopic (exact) mass is 432 g/mol. The Morgan fingerprint density at radius 3 is 2.10 bits per heavy atom. The van der Waals surface area contributed by atoms with E-state index in [9.17, 15) is 4.39 Å². The van der Waals surface area contributed by atoms with Crippen molar-refractivity contribution in [3.63, 3.8) is 0 Å². The minimum Gasteiger partial charge on any atom is -0.368 e. The molecule has 0 amide bonds. The number of para-hydroxylation sites is 1. The maximum absolute atomic E-state index is 14.0. The van der Waals surface area contributed by atoms with Gasteiger partial charge in [0.25, 0.3) is 0 Å². The van der Waals surface area contributed by atoms with Crippen molar-refractivity contribution >= 4 is 23.1 Å². The van der Waals surface area contributed by atoms with E-state index < -0.39 is 0 Å². The first-order valence-corrected chi connectivity index (χ1v) is 10.7. The maximum atomic E-state index is 14.0. The van der Waals surface area contributed by atoms with E-state index in [0.717, 1.165) is 43.3 Å². The second-order valence-corrected chi connectivity index (χ2v) is 8.03. The summed E-state index contributed by atoms with van der Waals surface area (Å²) in [5, 5.41) is 5.51. The van der Waals surface area contributed by atoms with Crippen LogP contribution in [-0.4, -0.2) is 36.0 Å². The lowest BCUT2D eigenvalue weighted by Crippen LogP contribution is -2.47. The highest BCUT2D eigenvalue weighted by molar-refractivity contribution is 6.30. The van der Waals surface area contributed by atoms with E-state index in [4.69, 9.17) is 16.7 Å². The van der Waals surface area contributed by atoms with Gasteiger partial charge in [-0.2, -0.15) is 5.10 Å². The van der Waals surface area contributed by atoms with Gasteiger partial charge in [0.15, 0.2) is 0 Å². The van der Waals surface area contributed by atoms with Gasteiger partial charge in [-0.25, -0.2) is 9.07 Å². The molecule has 1 aliphatic heterocycles. The summed E-state index contributed by atoms with van der Waals surface area (Å²) < 4.78 is 15.8. The molecular formula is C25H22ClFN4. The summed E-state index contributed by atoms with van der Waals surface area (Å²) in [6, 6.07) is 26.7. The van der Waals surface area contributed by atoms with Crippen LogP contribution in [0.15, 0.2) is 84.9 Å². The molecule has 156 valence electrons. The maximum Gasteiger partial charge on any atom is 0.133 e. The number of hydrogen-bond acceptors (Lipinski definition) is 3. The second-order valence-electron chi connectivity index (χ2n) is 7.60. The van der Waals surface area contributed by atoms with Crippen molar-refractivity contribution in [3.8, 4) is 16.9 Å². The van der Waals surface area contributed by atoms with Crippen LogP contribution in [0, 0.1) is 5.82 Å². The molecule has 2 heterocycles. The quantitative estimate of drug-likeness (QED) is 0.416. The summed E-state index contributed by atoms with van der Waals surface area (Å²) in [7, 11) is 0. The molecule has 0 spiro atoms. The first-order valence-electron chi connectivity index (χ1n) is 10.3. The zero-order valence-corrected chi connectivity index (χ0v) is 17.7. The van der Waals surface area contributed by atoms with Crippen molar-refractivity contribution in [3.05, 3.63) is 95.8 Å². The number of rotatable bonds is 4. The molecule has 1 aliphatic rings. The topological polar surface area (TPSA) is 24.3 Å². The lowest BCUT2D eigenvalue weighted by atomic mass is 10.1. The molecule has 3 aromatic carbocycles. The minimum absolute atomic E-state index is 0.277. The Balaban J connectivity index is 1.47. The third kappa shape index (κ3) is 4.14. The number of halogens is 2. The van der Waals surface area contributed by atoms with Gasteiger partial charge < -0.3 is 9.80 Å². The van der Waals surface area contributed by atoms with Crippen LogP contribution >= 0.6 is 11.6 Å². The molecule has 0 unspecified atom stereocenters. The van der Waals surface area contributed by atoms with Gasteiger partial charge in [0.05, 0.1) is 11.4 Å². The Labute approximate surface area is 186 Å². The zero-order valence-electron chi connectivity index (χ0n) is 17.0. The van der Waals surface area contributed by atoms with E-state index in [1.807, 2.05) is 41.1 Å². The number of anilines is 2. The van der Waals surface area contributed by atoms with Crippen molar-refractivity contribution in [1.82, 2.24) is 9.78 Å². The van der Waals surface area contributed by atoms with Gasteiger partial charge in [-0.15, -0.1) is 0 Å². The number of nitrogens with zero attached hydrogens (tertiary/aromatic N) is 4. The average Bonchev–Trinajstić information content (AvgIpc) is 3.26. The third-order valence-electron chi connectivity index (χ3n) is 5.61. The zero-order chi connectivity index (χ0) is 21.2. The van der Waals surface area contributed by atoms with Gasteiger partial charge in [0.2, 0.25) is 0 Å². The lowest BCUT2D eigenvalue weighted by molar-refractivity contribution is 0.621. The normalized spacial score (nSPS) is 14.1. The molecule has 0 N–H and O–H groups in total. The third-order valence-corrected chi connectivity index (χ3v) is 5.86. The van der Waals surface area contributed by atoms with Crippen LogP contribution in [0.5, 0.6) is 0 Å². The van der Waals surface area contributed by atoms with Crippen molar-refractivity contribution in [2.24, 2.45) is 0 Å². The predicted octanol–water partition coefficient (Wildman–Crippen LogP) is 5.66. The predicted molar refractivity (Wildman–Crippen MR) is 125 cm³/mol. The summed E-state index contributed by atoms with van der Waals surface area (Å²) >= 11 is 6.05. The molecule has 0 saturated carbocycles. The van der Waals surface area contributed by atoms with Crippen molar-refractivity contribution in [2.45, 2.75) is 0 Å². The summed E-state index contributed by atoms with van der Waals surface area (Å²) in [5.41, 5.74) is 3.76. The molecule has 0 radical (unpaired) electrons. The molecule has 0 atom stereocenters. The standard InChI is InChI=1S/C25H22ClFN4/c26-20-11-9-19(10-12-20)24-18-25(31(28-24)23-8-4-5-21(27)17-23)30-15-13-29(14-16-30)22-6-2-1-3-7-22/h1-12,17-18H,13-16H2. The van der Waals surface area contributed by atoms with E-state index in [2.05, 4.69) is 40.1 Å². The van der Waals surface area contributed by atoms with Crippen LogP contribution in [0.1, 0.15) is 0 Å². The minimum atomic E-state index is -0.277. The van der Waals surface area contributed by atoms with E-state index in [1.165, 1.54) is 17.8 Å². The summed E-state index contributed by atoms with van der Waals surface area (Å²) in [4.78, 5) is 4.70. The van der Waals surface area contributed by atoms with Gasteiger partial charge in [-0.1, -0.05) is 48.0 Å². The average molecular weight is 433 g/mol. The Bertz CT molecular complexity index is 1170. The van der Waals surface area contributed by atoms with Crippen molar-refractivity contribution < 1.29 is 4.39 Å². The molecule has 4 aromatic rings. The fourth-order valence-corrected chi connectivity index (χ4v) is 4.11. The van der Waals surface area contributed by atoms with Crippen molar-refractivity contribution in [2.75, 3.05) is 36.0 Å². The number of benzene rings is 3. The number of hydrogen-bond donors (Lipinski definition) is 0. The van der Waals surface area contributed by atoms with Gasteiger partial charge in [-0.05, 0) is 42.5 Å². The van der Waals surface area contributed by atoms with Gasteiger partial charge in [0, 0.05) is 48.5 Å². The van der Waals surface area contributed by atoms with Crippen LogP contribution in [-0.2, 0) is 0 Å². The Kier molecular flexibility index (Phi) is 5.35. The summed E-state index contributed by atoms with van der Waals surface area (Å²) in [5.74, 6) is 0.684. The van der Waals surface area contributed by atoms with Crippen LogP contribution < -0.4 is 9.80 Å². The van der Waals surface area contributed by atoms with Crippen LogP contribution in [0.2, 0.25) is 5.02 Å². The molecule has 4 nitrogen and oxygen atoms in total. The van der Waals surface area contributed by atoms with Crippen LogP contribution in [0.4, 0.5) is 15.9 Å². The first-order chi connectivity index (χ1) is 15.2. The molecular weight excluding hydrogens is 411 g/mol. The Hall–Kier alpha value is -3.31. The fraction of sp³-hybridized carbons (Fsp3) is 0.160. The lowest BCUT2D eigenvalue weighted by Gasteiger charge is -2.37. The Morgan fingerprint density at radius 1 is 0.710 bits per heavy atom. The molecule has 1 saturated heterocycles. The molecule has 6 heteroatoms. The highest BCUT2D eigenvalue weighted by atomic mass is 35.5.